The third-order valence-corrected chi connectivity index (χ3v) is 6.84. The molecular weight excluding hydrogens is 440 g/mol. The first kappa shape index (κ1) is 24.1. The van der Waals surface area contributed by atoms with E-state index in [1.54, 1.807) is 49.6 Å². The van der Waals surface area contributed by atoms with Crippen molar-refractivity contribution in [2.24, 2.45) is 0 Å². The molecule has 0 saturated carbocycles. The molecule has 0 saturated heterocycles. The van der Waals surface area contributed by atoms with Gasteiger partial charge < -0.3 is 14.8 Å². The Morgan fingerprint density at radius 1 is 0.909 bits per heavy atom. The summed E-state index contributed by atoms with van der Waals surface area (Å²) in [7, 11) is -0.900. The SMILES string of the molecule is COc1cccc(CCCNC(=O)CN(c2ccccc2OC)S(=O)(=O)c2ccccc2)c1. The second kappa shape index (κ2) is 11.4. The van der Waals surface area contributed by atoms with Crippen molar-refractivity contribution in [3.8, 4) is 11.5 Å². The standard InChI is InChI=1S/C25H28N2O5S/c1-31-21-12-8-10-20(18-21)11-9-17-26-25(28)19-27(23-15-6-7-16-24(23)32-2)33(29,30)22-13-4-3-5-14-22/h3-8,10,12-16,18H,9,11,17,19H2,1-2H3,(H,26,28). The van der Waals surface area contributed by atoms with Gasteiger partial charge in [0.15, 0.2) is 0 Å². The molecular formula is C25H28N2O5S. The predicted octanol–water partition coefficient (Wildman–Crippen LogP) is 3.65. The number of hydrogen-bond acceptors (Lipinski definition) is 5. The maximum absolute atomic E-state index is 13.4. The number of anilines is 1. The molecule has 0 aliphatic rings. The Bertz CT molecular complexity index is 1170. The van der Waals surface area contributed by atoms with Gasteiger partial charge in [0.2, 0.25) is 5.91 Å². The zero-order valence-corrected chi connectivity index (χ0v) is 19.5. The predicted molar refractivity (Wildman–Crippen MR) is 128 cm³/mol. The van der Waals surface area contributed by atoms with Crippen molar-refractivity contribution in [2.45, 2.75) is 17.7 Å². The summed E-state index contributed by atoms with van der Waals surface area (Å²) >= 11 is 0. The number of rotatable bonds is 11. The third-order valence-electron chi connectivity index (χ3n) is 5.07. The van der Waals surface area contributed by atoms with Gasteiger partial charge in [-0.25, -0.2) is 8.42 Å². The lowest BCUT2D eigenvalue weighted by Gasteiger charge is -2.25. The van der Waals surface area contributed by atoms with E-state index in [1.807, 2.05) is 24.3 Å². The molecule has 0 heterocycles. The fraction of sp³-hybridized carbons (Fsp3) is 0.240. The molecule has 0 bridgehead atoms. The molecule has 1 amide bonds. The maximum Gasteiger partial charge on any atom is 0.264 e. The van der Waals surface area contributed by atoms with Crippen LogP contribution < -0.4 is 19.1 Å². The fourth-order valence-electron chi connectivity index (χ4n) is 3.39. The first-order chi connectivity index (χ1) is 16.0. The van der Waals surface area contributed by atoms with E-state index in [9.17, 15) is 13.2 Å². The topological polar surface area (TPSA) is 84.9 Å². The van der Waals surface area contributed by atoms with Crippen LogP contribution in [-0.2, 0) is 21.2 Å². The number of nitrogens with zero attached hydrogens (tertiary/aromatic N) is 1. The van der Waals surface area contributed by atoms with Crippen LogP contribution in [0.2, 0.25) is 0 Å². The van der Waals surface area contributed by atoms with Gasteiger partial charge in [0.25, 0.3) is 10.0 Å². The number of carbonyl (C=O) groups excluding carboxylic acids is 1. The van der Waals surface area contributed by atoms with Gasteiger partial charge in [0.1, 0.15) is 18.0 Å². The number of carbonyl (C=O) groups is 1. The second-order valence-corrected chi connectivity index (χ2v) is 9.16. The van der Waals surface area contributed by atoms with Crippen LogP contribution in [0.5, 0.6) is 11.5 Å². The molecule has 0 unspecified atom stereocenters. The van der Waals surface area contributed by atoms with Gasteiger partial charge in [-0.2, -0.15) is 0 Å². The zero-order valence-electron chi connectivity index (χ0n) is 18.7. The Labute approximate surface area is 195 Å². The van der Waals surface area contributed by atoms with Crippen LogP contribution in [0.15, 0.2) is 83.8 Å². The van der Waals surface area contributed by atoms with Crippen molar-refractivity contribution in [3.63, 3.8) is 0 Å². The highest BCUT2D eigenvalue weighted by molar-refractivity contribution is 7.92. The first-order valence-corrected chi connectivity index (χ1v) is 12.0. The summed E-state index contributed by atoms with van der Waals surface area (Å²) in [5.74, 6) is 0.754. The number of ether oxygens (including phenoxy) is 2. The molecule has 8 heteroatoms. The normalized spacial score (nSPS) is 11.0. The zero-order chi connectivity index (χ0) is 23.7. The number of para-hydroxylation sites is 2. The minimum atomic E-state index is -3.98. The van der Waals surface area contributed by atoms with E-state index in [0.29, 0.717) is 24.4 Å². The highest BCUT2D eigenvalue weighted by atomic mass is 32.2. The summed E-state index contributed by atoms with van der Waals surface area (Å²) in [6.07, 6.45) is 1.47. The Kier molecular flexibility index (Phi) is 8.32. The summed E-state index contributed by atoms with van der Waals surface area (Å²) in [4.78, 5) is 12.8. The minimum Gasteiger partial charge on any atom is -0.497 e. The number of methoxy groups -OCH3 is 2. The van der Waals surface area contributed by atoms with Gasteiger partial charge in [-0.1, -0.05) is 42.5 Å². The molecule has 0 aliphatic heterocycles. The van der Waals surface area contributed by atoms with Gasteiger partial charge in [-0.15, -0.1) is 0 Å². The van der Waals surface area contributed by atoms with E-state index in [-0.39, 0.29) is 11.4 Å². The Hall–Kier alpha value is -3.52. The molecule has 3 rings (SSSR count). The van der Waals surface area contributed by atoms with Crippen molar-refractivity contribution in [1.29, 1.82) is 0 Å². The van der Waals surface area contributed by atoms with Crippen LogP contribution >= 0.6 is 0 Å². The van der Waals surface area contributed by atoms with E-state index in [2.05, 4.69) is 5.32 Å². The van der Waals surface area contributed by atoms with Gasteiger partial charge in [-0.3, -0.25) is 9.10 Å². The fourth-order valence-corrected chi connectivity index (χ4v) is 4.84. The average Bonchev–Trinajstić information content (AvgIpc) is 2.85. The highest BCUT2D eigenvalue weighted by Crippen LogP contribution is 2.32. The van der Waals surface area contributed by atoms with E-state index in [1.165, 1.54) is 19.2 Å². The molecule has 0 aliphatic carbocycles. The molecule has 0 spiro atoms. The van der Waals surface area contributed by atoms with Crippen molar-refractivity contribution < 1.29 is 22.7 Å². The van der Waals surface area contributed by atoms with Crippen molar-refractivity contribution in [1.82, 2.24) is 5.32 Å². The molecule has 7 nitrogen and oxygen atoms in total. The molecule has 1 N–H and O–H groups in total. The molecule has 0 atom stereocenters. The third kappa shape index (κ3) is 6.26. The summed E-state index contributed by atoms with van der Waals surface area (Å²) in [5, 5.41) is 2.83. The van der Waals surface area contributed by atoms with E-state index in [0.717, 1.165) is 22.0 Å². The highest BCUT2D eigenvalue weighted by Gasteiger charge is 2.29. The maximum atomic E-state index is 13.4. The number of benzene rings is 3. The summed E-state index contributed by atoms with van der Waals surface area (Å²) in [6, 6.07) is 22.5. The van der Waals surface area contributed by atoms with E-state index in [4.69, 9.17) is 9.47 Å². The molecule has 33 heavy (non-hydrogen) atoms. The van der Waals surface area contributed by atoms with Crippen LogP contribution in [0.3, 0.4) is 0 Å². The number of amides is 1. The summed E-state index contributed by atoms with van der Waals surface area (Å²) in [6.45, 7) is 0.0535. The average molecular weight is 469 g/mol. The van der Waals surface area contributed by atoms with Crippen LogP contribution in [0.4, 0.5) is 5.69 Å². The lowest BCUT2D eigenvalue weighted by molar-refractivity contribution is -0.119. The molecule has 3 aromatic carbocycles. The van der Waals surface area contributed by atoms with E-state index < -0.39 is 15.9 Å². The van der Waals surface area contributed by atoms with Crippen LogP contribution in [0.25, 0.3) is 0 Å². The Morgan fingerprint density at radius 3 is 2.36 bits per heavy atom. The Morgan fingerprint density at radius 2 is 1.64 bits per heavy atom. The van der Waals surface area contributed by atoms with Gasteiger partial charge in [0, 0.05) is 6.54 Å². The van der Waals surface area contributed by atoms with Gasteiger partial charge >= 0.3 is 0 Å². The lowest BCUT2D eigenvalue weighted by Crippen LogP contribution is -2.41. The number of aryl methyl sites for hydroxylation is 1. The molecule has 0 fully saturated rings. The number of hydrogen-bond donors (Lipinski definition) is 1. The Balaban J connectivity index is 1.71. The number of nitrogens with one attached hydrogen (secondary N) is 1. The monoisotopic (exact) mass is 468 g/mol. The molecule has 3 aromatic rings. The van der Waals surface area contributed by atoms with Gasteiger partial charge in [-0.05, 0) is 54.8 Å². The number of sulfonamides is 1. The smallest absolute Gasteiger partial charge is 0.264 e. The quantitative estimate of drug-likeness (QED) is 0.434. The van der Waals surface area contributed by atoms with Crippen LogP contribution in [0.1, 0.15) is 12.0 Å². The largest absolute Gasteiger partial charge is 0.497 e. The van der Waals surface area contributed by atoms with Crippen LogP contribution in [0, 0.1) is 0 Å². The minimum absolute atomic E-state index is 0.0988. The van der Waals surface area contributed by atoms with E-state index >= 15 is 0 Å². The van der Waals surface area contributed by atoms with Crippen LogP contribution in [-0.4, -0.2) is 41.6 Å². The first-order valence-electron chi connectivity index (χ1n) is 10.6. The molecule has 174 valence electrons. The van der Waals surface area contributed by atoms with Gasteiger partial charge in [0.05, 0.1) is 24.8 Å². The summed E-state index contributed by atoms with van der Waals surface area (Å²) in [5.41, 5.74) is 1.40. The summed E-state index contributed by atoms with van der Waals surface area (Å²) < 4.78 is 38.4. The van der Waals surface area contributed by atoms with Crippen molar-refractivity contribution >= 4 is 21.6 Å². The second-order valence-electron chi connectivity index (χ2n) is 7.30. The van der Waals surface area contributed by atoms with Crippen molar-refractivity contribution in [2.75, 3.05) is 31.6 Å². The lowest BCUT2D eigenvalue weighted by atomic mass is 10.1. The molecule has 0 radical (unpaired) electrons. The van der Waals surface area contributed by atoms with Crippen molar-refractivity contribution in [3.05, 3.63) is 84.4 Å². The molecule has 0 aromatic heterocycles.